The first kappa shape index (κ1) is 19.6. The molecule has 0 amide bonds. The maximum atomic E-state index is 2.35. The van der Waals surface area contributed by atoms with Crippen LogP contribution < -0.4 is 24.8 Å². The Morgan fingerprint density at radius 1 is 1.15 bits per heavy atom. The minimum atomic E-state index is 0. The van der Waals surface area contributed by atoms with Crippen LogP contribution in [0.25, 0.3) is 0 Å². The smallest absolute Gasteiger partial charge is 1.00 e. The van der Waals surface area contributed by atoms with Gasteiger partial charge >= 0.3 is 21.7 Å². The third-order valence-electron chi connectivity index (χ3n) is 3.45. The van der Waals surface area contributed by atoms with Crippen LogP contribution in [0.4, 0.5) is 0 Å². The predicted molar refractivity (Wildman–Crippen MR) is 45.9 cm³/mol. The number of hydrogen-bond acceptors (Lipinski definition) is 0. The zero-order valence-electron chi connectivity index (χ0n) is 9.04. The summed E-state index contributed by atoms with van der Waals surface area (Å²) in [5.74, 6) is 0.840. The van der Waals surface area contributed by atoms with Crippen LogP contribution >= 0.6 is 0 Å². The van der Waals surface area contributed by atoms with E-state index in [1.807, 2.05) is 0 Å². The zero-order chi connectivity index (χ0) is 7.94. The molecule has 0 aromatic heterocycles. The maximum absolute atomic E-state index is 2.35. The van der Waals surface area contributed by atoms with Crippen molar-refractivity contribution < 1.29 is 46.5 Å². The molecule has 0 N–H and O–H groups in total. The second-order valence-electron chi connectivity index (χ2n) is 4.23. The summed E-state index contributed by atoms with van der Waals surface area (Å²) in [6.45, 7) is 11.6. The largest absolute Gasteiger partial charge is 2.00 e. The maximum Gasteiger partial charge on any atom is 2.00 e. The Balaban J connectivity index is -0.000000333. The molecule has 0 aromatic rings. The molecule has 1 unspecified atom stereocenters. The molecule has 76 valence electrons. The zero-order valence-corrected chi connectivity index (χ0v) is 12.1. The van der Waals surface area contributed by atoms with Gasteiger partial charge in [-0.3, -0.25) is 0 Å². The molecule has 13 heavy (non-hydrogen) atoms. The van der Waals surface area contributed by atoms with Crippen molar-refractivity contribution in [2.75, 3.05) is 0 Å². The molecule has 0 heterocycles. The molecule has 0 aromatic carbocycles. The third-order valence-corrected chi connectivity index (χ3v) is 3.45. The Morgan fingerprint density at radius 3 is 1.62 bits per heavy atom. The van der Waals surface area contributed by atoms with E-state index in [0.717, 1.165) is 5.92 Å². The minimum absolute atomic E-state index is 0. The third kappa shape index (κ3) is 3.59. The first-order chi connectivity index (χ1) is 4.46. The molecule has 0 saturated carbocycles. The van der Waals surface area contributed by atoms with Gasteiger partial charge in [0.15, 0.2) is 0 Å². The Labute approximate surface area is 110 Å². The molecule has 1 aliphatic carbocycles. The van der Waals surface area contributed by atoms with Crippen LogP contribution in [0.15, 0.2) is 11.1 Å². The van der Waals surface area contributed by atoms with Gasteiger partial charge in [0.1, 0.15) is 0 Å². The summed E-state index contributed by atoms with van der Waals surface area (Å²) < 4.78 is 0. The van der Waals surface area contributed by atoms with Gasteiger partial charge in [0.25, 0.3) is 0 Å². The number of hydrogen-bond donors (Lipinski definition) is 0. The summed E-state index contributed by atoms with van der Waals surface area (Å²) in [6.07, 6.45) is 1.30. The van der Waals surface area contributed by atoms with Crippen LogP contribution in [0, 0.1) is 11.3 Å². The average Bonchev–Trinajstić information content (AvgIpc) is 1.97. The number of halogens is 2. The van der Waals surface area contributed by atoms with Crippen LogP contribution in [-0.4, -0.2) is 0 Å². The molecule has 0 aliphatic heterocycles. The van der Waals surface area contributed by atoms with Crippen LogP contribution in [0.2, 0.25) is 0 Å². The molecule has 0 fully saturated rings. The van der Waals surface area contributed by atoms with E-state index in [-0.39, 0.29) is 46.5 Å². The van der Waals surface area contributed by atoms with Crippen LogP contribution in [0.1, 0.15) is 41.0 Å². The average molecular weight is 257 g/mol. The van der Waals surface area contributed by atoms with Gasteiger partial charge in [-0.2, -0.15) is 0 Å². The van der Waals surface area contributed by atoms with E-state index >= 15 is 0 Å². The topological polar surface area (TPSA) is 0 Å². The second kappa shape index (κ2) is 6.51. The molecular weight excluding hydrogens is 239 g/mol. The SMILES string of the molecule is CC1=C(C)C(C)(C)C(C)C1.[Cl-].[Cl-].[Ti+2]. The van der Waals surface area contributed by atoms with Crippen molar-refractivity contribution in [1.82, 2.24) is 0 Å². The molecule has 0 radical (unpaired) electrons. The van der Waals surface area contributed by atoms with Gasteiger partial charge < -0.3 is 24.8 Å². The van der Waals surface area contributed by atoms with Gasteiger partial charge in [-0.1, -0.05) is 31.9 Å². The van der Waals surface area contributed by atoms with E-state index in [0.29, 0.717) is 5.41 Å². The fourth-order valence-electron chi connectivity index (χ4n) is 1.79. The molecule has 1 rings (SSSR count). The molecular formula is C10H18Cl2Ti. The fraction of sp³-hybridized carbons (Fsp3) is 0.800. The number of rotatable bonds is 0. The molecule has 0 saturated heterocycles. The molecule has 0 nitrogen and oxygen atoms in total. The molecule has 3 heteroatoms. The van der Waals surface area contributed by atoms with Crippen molar-refractivity contribution in [3.8, 4) is 0 Å². The normalized spacial score (nSPS) is 24.2. The first-order valence-corrected chi connectivity index (χ1v) is 4.13. The summed E-state index contributed by atoms with van der Waals surface area (Å²) in [5, 5.41) is 0. The molecule has 1 atom stereocenters. The van der Waals surface area contributed by atoms with Crippen molar-refractivity contribution in [1.29, 1.82) is 0 Å². The van der Waals surface area contributed by atoms with Crippen LogP contribution in [-0.2, 0) is 21.7 Å². The monoisotopic (exact) mass is 256 g/mol. The van der Waals surface area contributed by atoms with Crippen molar-refractivity contribution in [3.63, 3.8) is 0 Å². The van der Waals surface area contributed by atoms with Crippen molar-refractivity contribution in [2.24, 2.45) is 11.3 Å². The Hall–Kier alpha value is 1.03. The summed E-state index contributed by atoms with van der Waals surface area (Å²) in [6, 6.07) is 0. The van der Waals surface area contributed by atoms with Gasteiger partial charge in [0.05, 0.1) is 0 Å². The summed E-state index contributed by atoms with van der Waals surface area (Å²) in [7, 11) is 0. The number of allylic oxidation sites excluding steroid dienone is 2. The molecule has 1 aliphatic rings. The van der Waals surface area contributed by atoms with Gasteiger partial charge in [-0.05, 0) is 31.6 Å². The van der Waals surface area contributed by atoms with E-state index in [1.165, 1.54) is 6.42 Å². The molecule has 0 bridgehead atoms. The summed E-state index contributed by atoms with van der Waals surface area (Å²) >= 11 is 0. The Morgan fingerprint density at radius 2 is 1.54 bits per heavy atom. The van der Waals surface area contributed by atoms with Gasteiger partial charge in [0.2, 0.25) is 0 Å². The summed E-state index contributed by atoms with van der Waals surface area (Å²) in [4.78, 5) is 0. The molecule has 0 spiro atoms. The van der Waals surface area contributed by atoms with E-state index in [9.17, 15) is 0 Å². The van der Waals surface area contributed by atoms with Crippen LogP contribution in [0.3, 0.4) is 0 Å². The van der Waals surface area contributed by atoms with Crippen molar-refractivity contribution >= 4 is 0 Å². The van der Waals surface area contributed by atoms with Crippen molar-refractivity contribution in [3.05, 3.63) is 11.1 Å². The minimum Gasteiger partial charge on any atom is -1.00 e. The van der Waals surface area contributed by atoms with Gasteiger partial charge in [0, 0.05) is 0 Å². The van der Waals surface area contributed by atoms with Gasteiger partial charge in [-0.15, -0.1) is 0 Å². The Kier molecular flexibility index (Phi) is 9.80. The Bertz CT molecular complexity index is 185. The second-order valence-corrected chi connectivity index (χ2v) is 4.23. The first-order valence-electron chi connectivity index (χ1n) is 4.13. The van der Waals surface area contributed by atoms with Gasteiger partial charge in [-0.25, -0.2) is 0 Å². The quantitative estimate of drug-likeness (QED) is 0.329. The predicted octanol–water partition coefficient (Wildman–Crippen LogP) is -2.61. The van der Waals surface area contributed by atoms with E-state index in [4.69, 9.17) is 0 Å². The van der Waals surface area contributed by atoms with E-state index < -0.39 is 0 Å². The van der Waals surface area contributed by atoms with E-state index in [1.54, 1.807) is 11.1 Å². The standard InChI is InChI=1S/C10H18.2ClH.Ti/c1-7-6-8(2)10(4,5)9(7)3;;;/h8H,6H2,1-5H3;2*1H;/q;;;+2/p-2. The van der Waals surface area contributed by atoms with E-state index in [2.05, 4.69) is 34.6 Å². The van der Waals surface area contributed by atoms with Crippen LogP contribution in [0.5, 0.6) is 0 Å². The van der Waals surface area contributed by atoms with Crippen molar-refractivity contribution in [2.45, 2.75) is 41.0 Å². The fourth-order valence-corrected chi connectivity index (χ4v) is 1.79. The summed E-state index contributed by atoms with van der Waals surface area (Å²) in [5.41, 5.74) is 3.68.